The van der Waals surface area contributed by atoms with E-state index in [1.54, 1.807) is 18.4 Å². The zero-order valence-corrected chi connectivity index (χ0v) is 15.2. The van der Waals surface area contributed by atoms with E-state index in [-0.39, 0.29) is 0 Å². The van der Waals surface area contributed by atoms with Crippen molar-refractivity contribution in [1.29, 1.82) is 0 Å². The fourth-order valence-corrected chi connectivity index (χ4v) is 3.30. The lowest BCUT2D eigenvalue weighted by molar-refractivity contribution is 0.306. The van der Waals surface area contributed by atoms with E-state index in [0.29, 0.717) is 12.4 Å². The van der Waals surface area contributed by atoms with Gasteiger partial charge in [0.05, 0.1) is 24.4 Å². The van der Waals surface area contributed by atoms with Gasteiger partial charge in [-0.25, -0.2) is 4.98 Å². The van der Waals surface area contributed by atoms with Crippen molar-refractivity contribution in [3.63, 3.8) is 0 Å². The Morgan fingerprint density at radius 3 is 2.50 bits per heavy atom. The van der Waals surface area contributed by atoms with Crippen LogP contribution in [0.2, 0.25) is 0 Å². The van der Waals surface area contributed by atoms with Gasteiger partial charge in [0.15, 0.2) is 0 Å². The average molecular weight is 343 g/mol. The van der Waals surface area contributed by atoms with Crippen molar-refractivity contribution in [2.45, 2.75) is 33.6 Å². The summed E-state index contributed by atoms with van der Waals surface area (Å²) in [7, 11) is 1.76. The third-order valence-electron chi connectivity index (χ3n) is 3.72. The monoisotopic (exact) mass is 343 g/mol. The van der Waals surface area contributed by atoms with Crippen molar-refractivity contribution in [3.05, 3.63) is 39.3 Å². The van der Waals surface area contributed by atoms with Crippen LogP contribution in [0.3, 0.4) is 0 Å². The lowest BCUT2D eigenvalue weighted by atomic mass is 10.1. The SMILES string of the molecule is Cc1nc(CCCOc2c(C)cc(-c3nnn(C)n3)cc2C)cs1. The molecule has 7 heteroatoms. The molecule has 3 aromatic rings. The van der Waals surface area contributed by atoms with Crippen LogP contribution in [-0.2, 0) is 13.5 Å². The number of aryl methyl sites for hydroxylation is 5. The highest BCUT2D eigenvalue weighted by molar-refractivity contribution is 7.09. The van der Waals surface area contributed by atoms with Gasteiger partial charge in [-0.1, -0.05) is 0 Å². The molecule has 3 rings (SSSR count). The molecular weight excluding hydrogens is 322 g/mol. The number of aromatic nitrogens is 5. The number of benzene rings is 1. The van der Waals surface area contributed by atoms with E-state index >= 15 is 0 Å². The van der Waals surface area contributed by atoms with E-state index in [9.17, 15) is 0 Å². The first-order valence-corrected chi connectivity index (χ1v) is 8.80. The van der Waals surface area contributed by atoms with Gasteiger partial charge in [0.25, 0.3) is 0 Å². The van der Waals surface area contributed by atoms with Crippen LogP contribution in [0.15, 0.2) is 17.5 Å². The Hall–Kier alpha value is -2.28. The molecule has 1 aromatic carbocycles. The summed E-state index contributed by atoms with van der Waals surface area (Å²) in [4.78, 5) is 5.94. The van der Waals surface area contributed by atoms with Crippen LogP contribution in [0.25, 0.3) is 11.4 Å². The average Bonchev–Trinajstić information content (AvgIpc) is 3.14. The molecule has 0 aliphatic rings. The molecule has 126 valence electrons. The minimum absolute atomic E-state index is 0.633. The van der Waals surface area contributed by atoms with Crippen molar-refractivity contribution < 1.29 is 4.74 Å². The van der Waals surface area contributed by atoms with Gasteiger partial charge in [-0.3, -0.25) is 0 Å². The van der Waals surface area contributed by atoms with E-state index in [2.05, 4.69) is 25.8 Å². The molecule has 0 bridgehead atoms. The number of nitrogens with zero attached hydrogens (tertiary/aromatic N) is 5. The van der Waals surface area contributed by atoms with Gasteiger partial charge in [0, 0.05) is 10.9 Å². The van der Waals surface area contributed by atoms with E-state index in [4.69, 9.17) is 4.74 Å². The van der Waals surface area contributed by atoms with Crippen molar-refractivity contribution >= 4 is 11.3 Å². The fraction of sp³-hybridized carbons (Fsp3) is 0.412. The van der Waals surface area contributed by atoms with Gasteiger partial charge in [-0.15, -0.1) is 21.5 Å². The minimum Gasteiger partial charge on any atom is -0.493 e. The minimum atomic E-state index is 0.633. The van der Waals surface area contributed by atoms with Crippen LogP contribution in [0.4, 0.5) is 0 Å². The standard InChI is InChI=1S/C17H21N5OS/c1-11-8-14(17-19-21-22(4)20-17)9-12(2)16(11)23-7-5-6-15-10-24-13(3)18-15/h8-10H,5-7H2,1-4H3. The normalized spacial score (nSPS) is 11.0. The molecular formula is C17H21N5OS. The molecule has 0 saturated carbocycles. The maximum Gasteiger partial charge on any atom is 0.204 e. The van der Waals surface area contributed by atoms with Gasteiger partial charge in [-0.05, 0) is 62.1 Å². The highest BCUT2D eigenvalue weighted by atomic mass is 32.1. The lowest BCUT2D eigenvalue weighted by Gasteiger charge is -2.13. The maximum absolute atomic E-state index is 6.01. The highest BCUT2D eigenvalue weighted by Gasteiger charge is 2.11. The molecule has 0 saturated heterocycles. The Balaban J connectivity index is 1.63. The topological polar surface area (TPSA) is 65.7 Å². The van der Waals surface area contributed by atoms with Crippen molar-refractivity contribution in [1.82, 2.24) is 25.2 Å². The van der Waals surface area contributed by atoms with Crippen LogP contribution in [-0.4, -0.2) is 31.8 Å². The summed E-state index contributed by atoms with van der Waals surface area (Å²) >= 11 is 1.69. The van der Waals surface area contributed by atoms with E-state index < -0.39 is 0 Å². The number of tetrazole rings is 1. The second-order valence-electron chi connectivity index (χ2n) is 5.85. The van der Waals surface area contributed by atoms with Gasteiger partial charge < -0.3 is 4.74 Å². The lowest BCUT2D eigenvalue weighted by Crippen LogP contribution is -2.03. The Kier molecular flexibility index (Phi) is 4.89. The van der Waals surface area contributed by atoms with Crippen molar-refractivity contribution in [2.75, 3.05) is 6.61 Å². The van der Waals surface area contributed by atoms with E-state index in [0.717, 1.165) is 46.0 Å². The Morgan fingerprint density at radius 2 is 1.92 bits per heavy atom. The molecule has 0 radical (unpaired) electrons. The molecule has 0 amide bonds. The zero-order chi connectivity index (χ0) is 17.1. The summed E-state index contributed by atoms with van der Waals surface area (Å²) < 4.78 is 6.01. The summed E-state index contributed by atoms with van der Waals surface area (Å²) in [5.74, 6) is 1.58. The number of hydrogen-bond acceptors (Lipinski definition) is 6. The van der Waals surface area contributed by atoms with Crippen molar-refractivity contribution in [2.24, 2.45) is 7.05 Å². The first-order chi connectivity index (χ1) is 11.5. The van der Waals surface area contributed by atoms with E-state index in [1.807, 2.05) is 32.9 Å². The molecule has 0 fully saturated rings. The first-order valence-electron chi connectivity index (χ1n) is 7.92. The highest BCUT2D eigenvalue weighted by Crippen LogP contribution is 2.28. The van der Waals surface area contributed by atoms with Gasteiger partial charge in [0.2, 0.25) is 5.82 Å². The fourth-order valence-electron chi connectivity index (χ4n) is 2.66. The number of ether oxygens (including phenoxy) is 1. The smallest absolute Gasteiger partial charge is 0.204 e. The largest absolute Gasteiger partial charge is 0.493 e. The summed E-state index contributed by atoms with van der Waals surface area (Å²) in [5, 5.41) is 15.4. The molecule has 0 aliphatic carbocycles. The van der Waals surface area contributed by atoms with Gasteiger partial charge >= 0.3 is 0 Å². The summed E-state index contributed by atoms with van der Waals surface area (Å²) in [6.45, 7) is 6.81. The number of rotatable bonds is 6. The van der Waals surface area contributed by atoms with Gasteiger partial charge in [0.1, 0.15) is 5.75 Å². The predicted octanol–water partition coefficient (Wildman–Crippen LogP) is 3.27. The third-order valence-corrected chi connectivity index (χ3v) is 4.54. The van der Waals surface area contributed by atoms with Crippen molar-refractivity contribution in [3.8, 4) is 17.1 Å². The van der Waals surface area contributed by atoms with Crippen LogP contribution in [0.5, 0.6) is 5.75 Å². The summed E-state index contributed by atoms with van der Waals surface area (Å²) in [6.07, 6.45) is 1.90. The first kappa shape index (κ1) is 16.6. The molecule has 0 unspecified atom stereocenters. The molecule has 2 aromatic heterocycles. The third kappa shape index (κ3) is 3.79. The zero-order valence-electron chi connectivity index (χ0n) is 14.4. The number of hydrogen-bond donors (Lipinski definition) is 0. The molecule has 6 nitrogen and oxygen atoms in total. The van der Waals surface area contributed by atoms with E-state index in [1.165, 1.54) is 4.80 Å². The van der Waals surface area contributed by atoms with Crippen LogP contribution >= 0.6 is 11.3 Å². The maximum atomic E-state index is 6.01. The Bertz CT molecular complexity index is 816. The summed E-state index contributed by atoms with van der Waals surface area (Å²) in [6, 6.07) is 4.09. The quantitative estimate of drug-likeness (QED) is 0.643. The predicted molar refractivity (Wildman–Crippen MR) is 94.4 cm³/mol. The molecule has 0 atom stereocenters. The number of thiazole rings is 1. The molecule has 0 N–H and O–H groups in total. The van der Waals surface area contributed by atoms with Gasteiger partial charge in [-0.2, -0.15) is 4.80 Å². The second-order valence-corrected chi connectivity index (χ2v) is 6.91. The second kappa shape index (κ2) is 7.09. The van der Waals surface area contributed by atoms with Crippen LogP contribution < -0.4 is 4.74 Å². The Labute approximate surface area is 145 Å². The molecule has 2 heterocycles. The van der Waals surface area contributed by atoms with Crippen LogP contribution in [0.1, 0.15) is 28.2 Å². The molecule has 0 spiro atoms. The molecule has 24 heavy (non-hydrogen) atoms. The Morgan fingerprint density at radius 1 is 1.17 bits per heavy atom. The molecule has 0 aliphatic heterocycles. The summed E-state index contributed by atoms with van der Waals surface area (Å²) in [5.41, 5.74) is 4.28. The van der Waals surface area contributed by atoms with Crippen LogP contribution in [0, 0.1) is 20.8 Å².